The number of amides is 2. The lowest BCUT2D eigenvalue weighted by Crippen LogP contribution is -2.47. The third kappa shape index (κ3) is 4.20. The van der Waals surface area contributed by atoms with Crippen LogP contribution >= 0.6 is 0 Å². The highest BCUT2D eigenvalue weighted by atomic mass is 16.5. The third-order valence-corrected chi connectivity index (χ3v) is 5.35. The van der Waals surface area contributed by atoms with Gasteiger partial charge in [-0.3, -0.25) is 0 Å². The van der Waals surface area contributed by atoms with Gasteiger partial charge in [0, 0.05) is 18.5 Å². The molecule has 0 spiro atoms. The van der Waals surface area contributed by atoms with E-state index in [2.05, 4.69) is 34.7 Å². The number of hydrogen-bond acceptors (Lipinski definition) is 3. The van der Waals surface area contributed by atoms with E-state index in [1.165, 1.54) is 17.5 Å². The molecule has 0 aromatic heterocycles. The lowest BCUT2D eigenvalue weighted by molar-refractivity contribution is 0.213. The molecule has 2 N–H and O–H groups in total. The Labute approximate surface area is 144 Å². The molecule has 24 heavy (non-hydrogen) atoms. The number of piperidine rings is 1. The van der Waals surface area contributed by atoms with Gasteiger partial charge in [0.2, 0.25) is 0 Å². The summed E-state index contributed by atoms with van der Waals surface area (Å²) < 4.78 is 5.32. The molecule has 5 heteroatoms. The number of ether oxygens (including phenoxy) is 1. The van der Waals surface area contributed by atoms with Crippen molar-refractivity contribution in [3.63, 3.8) is 0 Å². The topological polar surface area (TPSA) is 53.6 Å². The first-order valence-electron chi connectivity index (χ1n) is 9.05. The molecule has 1 aromatic rings. The molecule has 1 aromatic carbocycles. The second-order valence-electron chi connectivity index (χ2n) is 7.09. The molecule has 3 rings (SSSR count). The fraction of sp³-hybridized carbons (Fsp3) is 0.632. The Kier molecular flexibility index (Phi) is 5.61. The van der Waals surface area contributed by atoms with Crippen molar-refractivity contribution in [3.05, 3.63) is 29.3 Å². The summed E-state index contributed by atoms with van der Waals surface area (Å²) in [7, 11) is 3.84. The second-order valence-corrected chi connectivity index (χ2v) is 7.09. The zero-order chi connectivity index (χ0) is 16.9. The number of likely N-dealkylation sites (tertiary alicyclic amines) is 1. The van der Waals surface area contributed by atoms with Crippen LogP contribution < -0.4 is 15.4 Å². The summed E-state index contributed by atoms with van der Waals surface area (Å²) in [5.74, 6) is 1.32. The summed E-state index contributed by atoms with van der Waals surface area (Å²) in [6.07, 6.45) is 5.48. The van der Waals surface area contributed by atoms with Gasteiger partial charge in [0.1, 0.15) is 5.75 Å². The first kappa shape index (κ1) is 17.1. The highest BCUT2D eigenvalue weighted by molar-refractivity contribution is 5.74. The molecule has 0 radical (unpaired) electrons. The van der Waals surface area contributed by atoms with Crippen molar-refractivity contribution in [1.29, 1.82) is 0 Å². The average Bonchev–Trinajstić information content (AvgIpc) is 2.61. The van der Waals surface area contributed by atoms with Crippen LogP contribution in [0.4, 0.5) is 4.79 Å². The molecule has 2 aliphatic rings. The zero-order valence-electron chi connectivity index (χ0n) is 14.8. The fourth-order valence-corrected chi connectivity index (χ4v) is 3.84. The van der Waals surface area contributed by atoms with Gasteiger partial charge < -0.3 is 20.3 Å². The van der Waals surface area contributed by atoms with Crippen LogP contribution in [0.3, 0.4) is 0 Å². The molecule has 0 unspecified atom stereocenters. The number of urea groups is 1. The van der Waals surface area contributed by atoms with Crippen molar-refractivity contribution >= 4 is 6.03 Å². The van der Waals surface area contributed by atoms with Crippen LogP contribution in [0.1, 0.15) is 42.7 Å². The first-order valence-corrected chi connectivity index (χ1v) is 9.05. The number of carbonyl (C=O) groups excluding carboxylic acids is 1. The lowest BCUT2D eigenvalue weighted by atomic mass is 9.82. The van der Waals surface area contributed by atoms with E-state index in [-0.39, 0.29) is 6.03 Å². The molecule has 1 heterocycles. The van der Waals surface area contributed by atoms with Gasteiger partial charge in [-0.1, -0.05) is 6.07 Å². The minimum atomic E-state index is -0.0230. The number of rotatable bonds is 4. The van der Waals surface area contributed by atoms with E-state index in [1.807, 2.05) is 6.07 Å². The summed E-state index contributed by atoms with van der Waals surface area (Å²) in [5.41, 5.74) is 2.73. The average molecular weight is 331 g/mol. The smallest absolute Gasteiger partial charge is 0.315 e. The lowest BCUT2D eigenvalue weighted by Gasteiger charge is -2.30. The van der Waals surface area contributed by atoms with Crippen LogP contribution in [0, 0.1) is 0 Å². The summed E-state index contributed by atoms with van der Waals surface area (Å²) in [5, 5.41) is 6.21. The minimum absolute atomic E-state index is 0.0230. The van der Waals surface area contributed by atoms with Crippen molar-refractivity contribution in [3.8, 4) is 5.75 Å². The Bertz CT molecular complexity index is 568. The van der Waals surface area contributed by atoms with E-state index >= 15 is 0 Å². The summed E-state index contributed by atoms with van der Waals surface area (Å²) in [6, 6.07) is 6.61. The number of fused-ring (bicyclic) bond motifs is 1. The number of hydrogen-bond donors (Lipinski definition) is 2. The summed E-state index contributed by atoms with van der Waals surface area (Å²) >= 11 is 0. The predicted octanol–water partition coefficient (Wildman–Crippen LogP) is 2.51. The molecule has 1 atom stereocenters. The van der Waals surface area contributed by atoms with E-state index in [0.29, 0.717) is 18.5 Å². The number of benzene rings is 1. The molecule has 5 nitrogen and oxygen atoms in total. The Morgan fingerprint density at radius 3 is 2.83 bits per heavy atom. The number of aryl methyl sites for hydroxylation is 1. The van der Waals surface area contributed by atoms with Gasteiger partial charge in [-0.05, 0) is 75.5 Å². The SMILES string of the molecule is COc1ccc2c(c1)CCC[C@H]2CNC(=O)NC1CCN(C)CC1. The standard InChI is InChI=1S/C19H29N3O2/c1-22-10-8-16(9-11-22)21-19(23)20-13-15-5-3-4-14-12-17(24-2)6-7-18(14)15/h6-7,12,15-16H,3-5,8-11,13H2,1-2H3,(H2,20,21,23)/t15-/m0/s1. The minimum Gasteiger partial charge on any atom is -0.497 e. The van der Waals surface area contributed by atoms with Crippen LogP contribution in [0.5, 0.6) is 5.75 Å². The van der Waals surface area contributed by atoms with E-state index in [4.69, 9.17) is 4.74 Å². The highest BCUT2D eigenvalue weighted by Crippen LogP contribution is 2.33. The summed E-state index contributed by atoms with van der Waals surface area (Å²) in [6.45, 7) is 2.82. The molecule has 1 aliphatic carbocycles. The maximum Gasteiger partial charge on any atom is 0.315 e. The number of nitrogens with one attached hydrogen (secondary N) is 2. The van der Waals surface area contributed by atoms with Gasteiger partial charge in [-0.2, -0.15) is 0 Å². The van der Waals surface area contributed by atoms with Gasteiger partial charge in [-0.25, -0.2) is 4.79 Å². The molecule has 2 amide bonds. The molecule has 0 saturated carbocycles. The molecule has 0 bridgehead atoms. The molecule has 1 saturated heterocycles. The molecule has 132 valence electrons. The number of carbonyl (C=O) groups is 1. The number of methoxy groups -OCH3 is 1. The van der Waals surface area contributed by atoms with Crippen LogP contribution in [-0.2, 0) is 6.42 Å². The van der Waals surface area contributed by atoms with Crippen LogP contribution in [0.15, 0.2) is 18.2 Å². The van der Waals surface area contributed by atoms with Crippen molar-refractivity contribution < 1.29 is 9.53 Å². The van der Waals surface area contributed by atoms with Crippen molar-refractivity contribution in [2.75, 3.05) is 33.8 Å². The van der Waals surface area contributed by atoms with Gasteiger partial charge >= 0.3 is 6.03 Å². The molecular formula is C19H29N3O2. The maximum atomic E-state index is 12.2. The highest BCUT2D eigenvalue weighted by Gasteiger charge is 2.22. The normalized spacial score (nSPS) is 21.8. The van der Waals surface area contributed by atoms with Crippen LogP contribution in [-0.4, -0.2) is 50.8 Å². The van der Waals surface area contributed by atoms with Gasteiger partial charge in [0.25, 0.3) is 0 Å². The van der Waals surface area contributed by atoms with Crippen LogP contribution in [0.2, 0.25) is 0 Å². The maximum absolute atomic E-state index is 12.2. The van der Waals surface area contributed by atoms with Crippen molar-refractivity contribution in [2.45, 2.75) is 44.1 Å². The quantitative estimate of drug-likeness (QED) is 0.891. The zero-order valence-corrected chi connectivity index (χ0v) is 14.8. The second kappa shape index (κ2) is 7.88. The Morgan fingerprint density at radius 2 is 2.08 bits per heavy atom. The fourth-order valence-electron chi connectivity index (χ4n) is 3.84. The van der Waals surface area contributed by atoms with E-state index in [9.17, 15) is 4.79 Å². The predicted molar refractivity (Wildman–Crippen MR) is 95.7 cm³/mol. The Morgan fingerprint density at radius 1 is 1.29 bits per heavy atom. The first-order chi connectivity index (χ1) is 11.7. The molecule has 1 aliphatic heterocycles. The van der Waals surface area contributed by atoms with Crippen LogP contribution in [0.25, 0.3) is 0 Å². The largest absolute Gasteiger partial charge is 0.497 e. The summed E-state index contributed by atoms with van der Waals surface area (Å²) in [4.78, 5) is 14.5. The monoisotopic (exact) mass is 331 g/mol. The van der Waals surface area contributed by atoms with Crippen molar-refractivity contribution in [2.24, 2.45) is 0 Å². The van der Waals surface area contributed by atoms with E-state index in [1.54, 1.807) is 7.11 Å². The molecular weight excluding hydrogens is 302 g/mol. The van der Waals surface area contributed by atoms with Gasteiger partial charge in [-0.15, -0.1) is 0 Å². The molecule has 1 fully saturated rings. The van der Waals surface area contributed by atoms with E-state index in [0.717, 1.165) is 44.5 Å². The van der Waals surface area contributed by atoms with Crippen molar-refractivity contribution in [1.82, 2.24) is 15.5 Å². The Hall–Kier alpha value is -1.75. The van der Waals surface area contributed by atoms with Gasteiger partial charge in [0.15, 0.2) is 0 Å². The van der Waals surface area contributed by atoms with Gasteiger partial charge in [0.05, 0.1) is 7.11 Å². The Balaban J connectivity index is 1.51. The number of nitrogens with zero attached hydrogens (tertiary/aromatic N) is 1. The third-order valence-electron chi connectivity index (χ3n) is 5.35. The van der Waals surface area contributed by atoms with E-state index < -0.39 is 0 Å².